The molecule has 0 spiro atoms. The van der Waals surface area contributed by atoms with E-state index in [1.165, 1.54) is 0 Å². The Morgan fingerprint density at radius 3 is 3.19 bits per heavy atom. The average molecular weight is 241 g/mol. The Morgan fingerprint density at radius 1 is 1.75 bits per heavy atom. The van der Waals surface area contributed by atoms with Gasteiger partial charge in [-0.05, 0) is 12.8 Å². The van der Waals surface area contributed by atoms with Gasteiger partial charge in [-0.3, -0.25) is 4.79 Å². The second kappa shape index (κ2) is 4.82. The van der Waals surface area contributed by atoms with Gasteiger partial charge < -0.3 is 4.90 Å². The summed E-state index contributed by atoms with van der Waals surface area (Å²) in [6.07, 6.45) is 1.90. The maximum absolute atomic E-state index is 12.1. The molecule has 2 heterocycles. The van der Waals surface area contributed by atoms with Crippen LogP contribution in [0.25, 0.3) is 0 Å². The Balaban J connectivity index is 2.12. The number of amides is 1. The van der Waals surface area contributed by atoms with Crippen LogP contribution in [0.2, 0.25) is 0 Å². The monoisotopic (exact) mass is 241 g/mol. The molecule has 1 N–H and O–H groups in total. The van der Waals surface area contributed by atoms with E-state index in [1.54, 1.807) is 0 Å². The predicted octanol–water partition coefficient (Wildman–Crippen LogP) is 0.429. The lowest BCUT2D eigenvalue weighted by molar-refractivity contribution is -0.135. The van der Waals surface area contributed by atoms with Crippen LogP contribution in [0.1, 0.15) is 31.6 Å². The largest absolute Gasteiger partial charge is 0.332 e. The first-order chi connectivity index (χ1) is 7.74. The summed E-state index contributed by atoms with van der Waals surface area (Å²) in [5.74, 6) is 1.24. The maximum atomic E-state index is 12.1. The molecule has 1 amide bonds. The molecular weight excluding hydrogens is 226 g/mol. The number of nitrogens with one attached hydrogen (secondary N) is 1. The summed E-state index contributed by atoms with van der Waals surface area (Å²) in [4.78, 5) is 13.9. The van der Waals surface area contributed by atoms with Crippen molar-refractivity contribution in [2.24, 2.45) is 5.92 Å². The van der Waals surface area contributed by atoms with Crippen LogP contribution in [0.3, 0.4) is 0 Å². The van der Waals surface area contributed by atoms with Crippen molar-refractivity contribution in [1.29, 1.82) is 0 Å². The fourth-order valence-corrected chi connectivity index (χ4v) is 2.13. The number of carbonyl (C=O) groups excluding carboxylic acids is 1. The molecule has 0 unspecified atom stereocenters. The number of H-pyrrole nitrogens is 1. The van der Waals surface area contributed by atoms with Gasteiger partial charge in [0.1, 0.15) is 0 Å². The van der Waals surface area contributed by atoms with Gasteiger partial charge >= 0.3 is 0 Å². The van der Waals surface area contributed by atoms with E-state index in [0.717, 1.165) is 19.4 Å². The molecule has 16 heavy (non-hydrogen) atoms. The number of hydrogen-bond acceptors (Lipinski definition) is 5. The van der Waals surface area contributed by atoms with E-state index >= 15 is 0 Å². The molecule has 0 saturated carbocycles. The van der Waals surface area contributed by atoms with Crippen molar-refractivity contribution in [3.05, 3.63) is 5.82 Å². The van der Waals surface area contributed by atoms with Gasteiger partial charge in [0.15, 0.2) is 5.82 Å². The van der Waals surface area contributed by atoms with Crippen LogP contribution < -0.4 is 0 Å². The zero-order valence-electron chi connectivity index (χ0n) is 9.13. The second-order valence-corrected chi connectivity index (χ2v) is 4.41. The van der Waals surface area contributed by atoms with E-state index < -0.39 is 0 Å². The van der Waals surface area contributed by atoms with E-state index in [9.17, 15) is 4.79 Å². The molecule has 7 heteroatoms. The molecule has 0 aliphatic carbocycles. The molecule has 1 aliphatic rings. The average Bonchev–Trinajstić information content (AvgIpc) is 2.95. The van der Waals surface area contributed by atoms with Gasteiger partial charge in [0.2, 0.25) is 5.91 Å². The van der Waals surface area contributed by atoms with Gasteiger partial charge in [0.25, 0.3) is 0 Å². The summed E-state index contributed by atoms with van der Waals surface area (Å²) in [6, 6.07) is -0.0198. The number of tetrazole rings is 1. The minimum Gasteiger partial charge on any atom is -0.332 e. The molecule has 1 aromatic rings. The van der Waals surface area contributed by atoms with Gasteiger partial charge in [0.05, 0.1) is 6.04 Å². The Labute approximate surface area is 99.2 Å². The molecule has 2 atom stereocenters. The van der Waals surface area contributed by atoms with Crippen molar-refractivity contribution in [3.8, 4) is 0 Å². The maximum Gasteiger partial charge on any atom is 0.226 e. The van der Waals surface area contributed by atoms with Crippen LogP contribution in [0.15, 0.2) is 0 Å². The molecule has 0 aromatic carbocycles. The van der Waals surface area contributed by atoms with Crippen molar-refractivity contribution in [1.82, 2.24) is 25.5 Å². The van der Waals surface area contributed by atoms with Crippen molar-refractivity contribution in [3.63, 3.8) is 0 Å². The fraction of sp³-hybridized carbons (Fsp3) is 0.778. The Hall–Kier alpha value is -1.11. The third kappa shape index (κ3) is 2.04. The van der Waals surface area contributed by atoms with Crippen LogP contribution in [0, 0.1) is 5.92 Å². The highest BCUT2D eigenvalue weighted by Gasteiger charge is 2.34. The lowest BCUT2D eigenvalue weighted by atomic mass is 10.1. The smallest absolute Gasteiger partial charge is 0.226 e. The van der Waals surface area contributed by atoms with Gasteiger partial charge in [-0.1, -0.05) is 12.1 Å². The Bertz CT molecular complexity index is 355. The second-order valence-electron chi connectivity index (χ2n) is 4.04. The molecule has 1 aromatic heterocycles. The van der Waals surface area contributed by atoms with Gasteiger partial charge in [-0.15, -0.1) is 10.2 Å². The number of aromatic amines is 1. The van der Waals surface area contributed by atoms with Crippen molar-refractivity contribution in [2.75, 3.05) is 12.3 Å². The highest BCUT2D eigenvalue weighted by atomic mass is 32.1. The van der Waals surface area contributed by atoms with Crippen LogP contribution in [-0.4, -0.2) is 43.7 Å². The van der Waals surface area contributed by atoms with Gasteiger partial charge in [-0.25, -0.2) is 0 Å². The zero-order valence-corrected chi connectivity index (χ0v) is 10.0. The third-order valence-corrected chi connectivity index (χ3v) is 3.44. The summed E-state index contributed by atoms with van der Waals surface area (Å²) in [5, 5.41) is 13.9. The van der Waals surface area contributed by atoms with Crippen molar-refractivity contribution < 1.29 is 4.79 Å². The number of thiol groups is 1. The van der Waals surface area contributed by atoms with E-state index in [1.807, 2.05) is 11.8 Å². The minimum absolute atomic E-state index is 0.0198. The topological polar surface area (TPSA) is 74.8 Å². The lowest BCUT2D eigenvalue weighted by Gasteiger charge is -2.24. The standard InChI is InChI=1S/C9H15N5OS/c1-6(5-16)9(15)14-4-2-3-7(14)8-10-12-13-11-8/h6-7,16H,2-5H2,1H3,(H,10,11,12,13)/t6-,7-/m0/s1. The molecule has 1 aliphatic heterocycles. The van der Waals surface area contributed by atoms with E-state index in [4.69, 9.17) is 0 Å². The summed E-state index contributed by atoms with van der Waals surface area (Å²) in [5.41, 5.74) is 0. The molecule has 1 fully saturated rings. The van der Waals surface area contributed by atoms with E-state index in [-0.39, 0.29) is 17.9 Å². The quantitative estimate of drug-likeness (QED) is 0.753. The molecule has 1 saturated heterocycles. The lowest BCUT2D eigenvalue weighted by Crippen LogP contribution is -2.35. The summed E-state index contributed by atoms with van der Waals surface area (Å²) in [7, 11) is 0. The molecule has 88 valence electrons. The number of hydrogen-bond donors (Lipinski definition) is 2. The third-order valence-electron chi connectivity index (χ3n) is 2.89. The predicted molar refractivity (Wildman–Crippen MR) is 60.9 cm³/mol. The number of nitrogens with zero attached hydrogens (tertiary/aromatic N) is 4. The van der Waals surface area contributed by atoms with Crippen LogP contribution in [-0.2, 0) is 4.79 Å². The van der Waals surface area contributed by atoms with Crippen LogP contribution >= 0.6 is 12.6 Å². The summed E-state index contributed by atoms with van der Waals surface area (Å²) in [6.45, 7) is 2.66. The minimum atomic E-state index is -0.0594. The number of rotatable bonds is 3. The number of carbonyl (C=O) groups is 1. The molecule has 6 nitrogen and oxygen atoms in total. The van der Waals surface area contributed by atoms with E-state index in [2.05, 4.69) is 33.3 Å². The first kappa shape index (κ1) is 11.4. The summed E-state index contributed by atoms with van der Waals surface area (Å²) < 4.78 is 0. The van der Waals surface area contributed by atoms with Crippen LogP contribution in [0.4, 0.5) is 0 Å². The number of aromatic nitrogens is 4. The number of likely N-dealkylation sites (tertiary alicyclic amines) is 1. The van der Waals surface area contributed by atoms with Gasteiger partial charge in [0, 0.05) is 18.2 Å². The summed E-state index contributed by atoms with van der Waals surface area (Å²) >= 11 is 4.15. The zero-order chi connectivity index (χ0) is 11.5. The van der Waals surface area contributed by atoms with Crippen LogP contribution in [0.5, 0.6) is 0 Å². The normalized spacial score (nSPS) is 22.4. The van der Waals surface area contributed by atoms with E-state index in [0.29, 0.717) is 11.6 Å². The highest BCUT2D eigenvalue weighted by Crippen LogP contribution is 2.30. The Morgan fingerprint density at radius 2 is 2.56 bits per heavy atom. The molecular formula is C9H15N5OS. The van der Waals surface area contributed by atoms with Crippen molar-refractivity contribution >= 4 is 18.5 Å². The fourth-order valence-electron chi connectivity index (χ4n) is 1.97. The molecule has 0 bridgehead atoms. The van der Waals surface area contributed by atoms with Crippen molar-refractivity contribution in [2.45, 2.75) is 25.8 Å². The Kier molecular flexibility index (Phi) is 3.42. The molecule has 0 radical (unpaired) electrons. The molecule has 2 rings (SSSR count). The van der Waals surface area contributed by atoms with Gasteiger partial charge in [-0.2, -0.15) is 17.8 Å². The SMILES string of the molecule is C[C@@H](CS)C(=O)N1CCC[C@H]1c1nn[nH]n1. The first-order valence-electron chi connectivity index (χ1n) is 5.38. The highest BCUT2D eigenvalue weighted by molar-refractivity contribution is 7.80. The first-order valence-corrected chi connectivity index (χ1v) is 6.02.